The van der Waals surface area contributed by atoms with E-state index in [0.29, 0.717) is 0 Å². The van der Waals surface area contributed by atoms with Crippen molar-refractivity contribution in [1.29, 1.82) is 0 Å². The number of nitrogens with one attached hydrogen (secondary N) is 1. The van der Waals surface area contributed by atoms with Crippen LogP contribution < -0.4 is 10.1 Å². The summed E-state index contributed by atoms with van der Waals surface area (Å²) in [6.45, 7) is 6.18. The van der Waals surface area contributed by atoms with Gasteiger partial charge in [0.2, 0.25) is 0 Å². The van der Waals surface area contributed by atoms with E-state index in [9.17, 15) is 4.79 Å². The van der Waals surface area contributed by atoms with E-state index in [1.807, 2.05) is 45.0 Å². The molecule has 0 aliphatic heterocycles. The topological polar surface area (TPSA) is 38.3 Å². The SMILES string of the molecule is C#CCNC(=O)Sc1cccc(OC(C)(C)C)c1. The van der Waals surface area contributed by atoms with E-state index >= 15 is 0 Å². The maximum absolute atomic E-state index is 11.5. The third-order valence-electron chi connectivity index (χ3n) is 1.77. The molecule has 0 atom stereocenters. The van der Waals surface area contributed by atoms with Crippen LogP contribution in [-0.2, 0) is 0 Å². The molecule has 0 fully saturated rings. The van der Waals surface area contributed by atoms with Crippen LogP contribution in [0.5, 0.6) is 5.75 Å². The maximum atomic E-state index is 11.5. The van der Waals surface area contributed by atoms with Crippen molar-refractivity contribution < 1.29 is 9.53 Å². The molecule has 0 saturated heterocycles. The van der Waals surface area contributed by atoms with Gasteiger partial charge in [-0.1, -0.05) is 12.0 Å². The second kappa shape index (κ2) is 6.36. The molecule has 1 N–H and O–H groups in total. The number of benzene rings is 1. The average molecular weight is 263 g/mol. The summed E-state index contributed by atoms with van der Waals surface area (Å²) in [5, 5.41) is 2.43. The first kappa shape index (κ1) is 14.5. The lowest BCUT2D eigenvalue weighted by molar-refractivity contribution is 0.130. The fraction of sp³-hybridized carbons (Fsp3) is 0.357. The summed E-state index contributed by atoms with van der Waals surface area (Å²) in [4.78, 5) is 12.3. The molecule has 3 nitrogen and oxygen atoms in total. The highest BCUT2D eigenvalue weighted by Gasteiger charge is 2.12. The Bertz CT molecular complexity index is 458. The summed E-state index contributed by atoms with van der Waals surface area (Å²) in [6.07, 6.45) is 5.07. The summed E-state index contributed by atoms with van der Waals surface area (Å²) in [5.74, 6) is 3.10. The Morgan fingerprint density at radius 1 is 1.50 bits per heavy atom. The van der Waals surface area contributed by atoms with Gasteiger partial charge in [-0.3, -0.25) is 4.79 Å². The van der Waals surface area contributed by atoms with E-state index in [0.717, 1.165) is 22.4 Å². The Kier molecular flexibility index (Phi) is 5.11. The predicted molar refractivity (Wildman–Crippen MR) is 74.9 cm³/mol. The fourth-order valence-electron chi connectivity index (χ4n) is 1.22. The van der Waals surface area contributed by atoms with Gasteiger partial charge in [0.1, 0.15) is 11.4 Å². The molecule has 0 heterocycles. The quantitative estimate of drug-likeness (QED) is 0.671. The molecule has 96 valence electrons. The van der Waals surface area contributed by atoms with E-state index in [2.05, 4.69) is 11.2 Å². The highest BCUT2D eigenvalue weighted by molar-refractivity contribution is 8.13. The minimum absolute atomic E-state index is 0.166. The normalized spacial score (nSPS) is 10.6. The molecule has 0 radical (unpaired) electrons. The lowest BCUT2D eigenvalue weighted by atomic mass is 10.2. The van der Waals surface area contributed by atoms with Crippen LogP contribution in [0.25, 0.3) is 0 Å². The number of hydrogen-bond acceptors (Lipinski definition) is 3. The lowest BCUT2D eigenvalue weighted by Gasteiger charge is -2.21. The smallest absolute Gasteiger partial charge is 0.284 e. The van der Waals surface area contributed by atoms with Crippen molar-refractivity contribution >= 4 is 17.0 Å². The zero-order valence-corrected chi connectivity index (χ0v) is 11.6. The van der Waals surface area contributed by atoms with E-state index < -0.39 is 0 Å². The van der Waals surface area contributed by atoms with Crippen molar-refractivity contribution in [2.75, 3.05) is 6.54 Å². The fourth-order valence-corrected chi connectivity index (χ4v) is 1.90. The third kappa shape index (κ3) is 5.65. The van der Waals surface area contributed by atoms with Gasteiger partial charge in [-0.2, -0.15) is 0 Å². The minimum atomic E-state index is -0.255. The Balaban J connectivity index is 2.65. The molecule has 1 rings (SSSR count). The molecular formula is C14H17NO2S. The molecule has 1 aromatic carbocycles. The van der Waals surface area contributed by atoms with Crippen LogP contribution in [0.4, 0.5) is 4.79 Å². The van der Waals surface area contributed by atoms with Crippen LogP contribution in [0.3, 0.4) is 0 Å². The molecule has 0 bridgehead atoms. The summed E-state index contributed by atoms with van der Waals surface area (Å²) in [7, 11) is 0. The number of terminal acetylenes is 1. The molecule has 18 heavy (non-hydrogen) atoms. The molecule has 4 heteroatoms. The molecule has 0 aliphatic rings. The number of thioether (sulfide) groups is 1. The third-order valence-corrected chi connectivity index (χ3v) is 2.59. The molecular weight excluding hydrogens is 246 g/mol. The molecule has 1 amide bonds. The van der Waals surface area contributed by atoms with E-state index in [-0.39, 0.29) is 17.4 Å². The Morgan fingerprint density at radius 3 is 2.83 bits per heavy atom. The molecule has 0 unspecified atom stereocenters. The van der Waals surface area contributed by atoms with Crippen molar-refractivity contribution in [1.82, 2.24) is 5.32 Å². The molecule has 1 aromatic rings. The van der Waals surface area contributed by atoms with Crippen molar-refractivity contribution in [3.05, 3.63) is 24.3 Å². The van der Waals surface area contributed by atoms with Gasteiger partial charge in [0.05, 0.1) is 6.54 Å². The average Bonchev–Trinajstić information content (AvgIpc) is 2.24. The molecule has 0 spiro atoms. The number of hydrogen-bond donors (Lipinski definition) is 1. The van der Waals surface area contributed by atoms with Crippen LogP contribution >= 0.6 is 11.8 Å². The van der Waals surface area contributed by atoms with Gasteiger partial charge < -0.3 is 10.1 Å². The van der Waals surface area contributed by atoms with Gasteiger partial charge in [0.25, 0.3) is 5.24 Å². The van der Waals surface area contributed by atoms with Crippen molar-refractivity contribution in [2.45, 2.75) is 31.3 Å². The van der Waals surface area contributed by atoms with Gasteiger partial charge >= 0.3 is 0 Å². The summed E-state index contributed by atoms with van der Waals surface area (Å²) < 4.78 is 5.73. The molecule has 0 aliphatic carbocycles. The summed E-state index contributed by atoms with van der Waals surface area (Å²) in [5.41, 5.74) is -0.255. The molecule has 0 saturated carbocycles. The van der Waals surface area contributed by atoms with Crippen LogP contribution in [0.1, 0.15) is 20.8 Å². The second-order valence-corrected chi connectivity index (χ2v) is 5.68. The zero-order valence-electron chi connectivity index (χ0n) is 10.8. The van der Waals surface area contributed by atoms with E-state index in [4.69, 9.17) is 11.2 Å². The van der Waals surface area contributed by atoms with Crippen LogP contribution in [0.2, 0.25) is 0 Å². The Labute approximate surface area is 112 Å². The van der Waals surface area contributed by atoms with E-state index in [1.54, 1.807) is 0 Å². The van der Waals surface area contributed by atoms with Crippen molar-refractivity contribution in [3.63, 3.8) is 0 Å². The summed E-state index contributed by atoms with van der Waals surface area (Å²) in [6, 6.07) is 7.42. The van der Waals surface area contributed by atoms with Crippen LogP contribution in [0, 0.1) is 12.3 Å². The monoisotopic (exact) mass is 263 g/mol. The highest BCUT2D eigenvalue weighted by Crippen LogP contribution is 2.25. The zero-order chi connectivity index (χ0) is 13.6. The summed E-state index contributed by atoms with van der Waals surface area (Å²) >= 11 is 1.10. The van der Waals surface area contributed by atoms with Gasteiger partial charge in [0.15, 0.2) is 0 Å². The first-order valence-electron chi connectivity index (χ1n) is 5.59. The number of carbonyl (C=O) groups excluding carboxylic acids is 1. The Hall–Kier alpha value is -1.60. The predicted octanol–water partition coefficient (Wildman–Crippen LogP) is 3.30. The molecule has 0 aromatic heterocycles. The minimum Gasteiger partial charge on any atom is -0.488 e. The maximum Gasteiger partial charge on any atom is 0.284 e. The largest absolute Gasteiger partial charge is 0.488 e. The number of ether oxygens (including phenoxy) is 1. The lowest BCUT2D eigenvalue weighted by Crippen LogP contribution is -2.23. The first-order chi connectivity index (χ1) is 8.40. The van der Waals surface area contributed by atoms with Gasteiger partial charge in [-0.15, -0.1) is 6.42 Å². The van der Waals surface area contributed by atoms with Crippen LogP contribution in [0.15, 0.2) is 29.2 Å². The van der Waals surface area contributed by atoms with Crippen molar-refractivity contribution in [2.24, 2.45) is 0 Å². The number of rotatable bonds is 3. The number of carbonyl (C=O) groups is 1. The van der Waals surface area contributed by atoms with E-state index in [1.165, 1.54) is 0 Å². The van der Waals surface area contributed by atoms with Gasteiger partial charge in [0, 0.05) is 4.90 Å². The van der Waals surface area contributed by atoms with Gasteiger partial charge in [-0.05, 0) is 50.7 Å². The van der Waals surface area contributed by atoms with Crippen LogP contribution in [-0.4, -0.2) is 17.4 Å². The standard InChI is InChI=1S/C14H17NO2S/c1-5-9-15-13(16)18-12-8-6-7-11(10-12)17-14(2,3)4/h1,6-8,10H,9H2,2-4H3,(H,15,16). The Morgan fingerprint density at radius 2 is 2.22 bits per heavy atom. The first-order valence-corrected chi connectivity index (χ1v) is 6.40. The highest BCUT2D eigenvalue weighted by atomic mass is 32.2. The van der Waals surface area contributed by atoms with Crippen molar-refractivity contribution in [3.8, 4) is 18.1 Å². The number of amides is 1. The second-order valence-electron chi connectivity index (χ2n) is 4.64. The van der Waals surface area contributed by atoms with Gasteiger partial charge in [-0.25, -0.2) is 0 Å².